The van der Waals surface area contributed by atoms with E-state index in [1.165, 1.54) is 0 Å². The fourth-order valence-electron chi connectivity index (χ4n) is 2.97. The number of fused-ring (bicyclic) bond motifs is 1. The van der Waals surface area contributed by atoms with Gasteiger partial charge in [0.1, 0.15) is 0 Å². The fraction of sp³-hybridized carbons (Fsp3) is 0.227. The summed E-state index contributed by atoms with van der Waals surface area (Å²) in [7, 11) is 0. The Morgan fingerprint density at radius 1 is 0.903 bits per heavy atom. The lowest BCUT2D eigenvalue weighted by atomic mass is 10.1. The van der Waals surface area contributed by atoms with Crippen LogP contribution in [0.2, 0.25) is 0 Å². The number of amides is 1. The van der Waals surface area contributed by atoms with Crippen LogP contribution in [0.25, 0.3) is 16.5 Å². The molecule has 3 aromatic rings. The van der Waals surface area contributed by atoms with Crippen LogP contribution in [-0.2, 0) is 19.1 Å². The standard InChI is InChI=1S/C22H21N3O6/c1-3-30-21(28)18(22(29)31-4-2)23-19(26)17-15-12-8-9-13-16(15)20(27)25(24-17)14-10-6-5-7-11-14/h5-13,18H,3-4H2,1-2H3,(H,23,26). The first kappa shape index (κ1) is 21.7. The van der Waals surface area contributed by atoms with Crippen molar-refractivity contribution in [1.29, 1.82) is 0 Å². The topological polar surface area (TPSA) is 117 Å². The summed E-state index contributed by atoms with van der Waals surface area (Å²) in [6.07, 6.45) is 0. The van der Waals surface area contributed by atoms with Gasteiger partial charge in [-0.2, -0.15) is 9.78 Å². The van der Waals surface area contributed by atoms with Crippen LogP contribution in [0, 0.1) is 0 Å². The second-order valence-electron chi connectivity index (χ2n) is 6.36. The van der Waals surface area contributed by atoms with E-state index in [0.717, 1.165) is 4.68 Å². The van der Waals surface area contributed by atoms with Gasteiger partial charge in [-0.05, 0) is 32.0 Å². The summed E-state index contributed by atoms with van der Waals surface area (Å²) in [4.78, 5) is 50.4. The third kappa shape index (κ3) is 4.61. The van der Waals surface area contributed by atoms with E-state index in [-0.39, 0.29) is 29.7 Å². The molecule has 0 aliphatic heterocycles. The van der Waals surface area contributed by atoms with Gasteiger partial charge < -0.3 is 14.8 Å². The number of nitrogens with zero attached hydrogens (tertiary/aromatic N) is 2. The van der Waals surface area contributed by atoms with Crippen LogP contribution in [0.1, 0.15) is 24.3 Å². The quantitative estimate of drug-likeness (QED) is 0.453. The van der Waals surface area contributed by atoms with Crippen molar-refractivity contribution in [2.75, 3.05) is 13.2 Å². The summed E-state index contributed by atoms with van der Waals surface area (Å²) in [5.74, 6) is -2.73. The van der Waals surface area contributed by atoms with Gasteiger partial charge in [0.2, 0.25) is 6.04 Å². The zero-order valence-electron chi connectivity index (χ0n) is 17.0. The van der Waals surface area contributed by atoms with Crippen LogP contribution < -0.4 is 10.9 Å². The fourth-order valence-corrected chi connectivity index (χ4v) is 2.97. The third-order valence-corrected chi connectivity index (χ3v) is 4.34. The average molecular weight is 423 g/mol. The van der Waals surface area contributed by atoms with E-state index in [1.807, 2.05) is 0 Å². The second-order valence-corrected chi connectivity index (χ2v) is 6.36. The van der Waals surface area contributed by atoms with E-state index in [1.54, 1.807) is 68.4 Å². The van der Waals surface area contributed by atoms with Crippen LogP contribution in [0.3, 0.4) is 0 Å². The van der Waals surface area contributed by atoms with Crippen molar-refractivity contribution < 1.29 is 23.9 Å². The second kappa shape index (κ2) is 9.66. The Morgan fingerprint density at radius 3 is 2.03 bits per heavy atom. The van der Waals surface area contributed by atoms with Crippen LogP contribution in [-0.4, -0.2) is 46.9 Å². The molecule has 9 nitrogen and oxygen atoms in total. The molecule has 160 valence electrons. The molecule has 3 rings (SSSR count). The molecule has 0 unspecified atom stereocenters. The minimum atomic E-state index is -1.66. The molecule has 0 aliphatic rings. The first-order valence-electron chi connectivity index (χ1n) is 9.69. The Kier molecular flexibility index (Phi) is 6.76. The lowest BCUT2D eigenvalue weighted by molar-refractivity contribution is -0.157. The van der Waals surface area contributed by atoms with Crippen molar-refractivity contribution in [1.82, 2.24) is 15.1 Å². The number of hydrogen-bond acceptors (Lipinski definition) is 7. The number of para-hydroxylation sites is 1. The minimum Gasteiger partial charge on any atom is -0.464 e. The van der Waals surface area contributed by atoms with E-state index < -0.39 is 29.4 Å². The van der Waals surface area contributed by atoms with Gasteiger partial charge in [-0.3, -0.25) is 9.59 Å². The molecule has 9 heteroatoms. The van der Waals surface area contributed by atoms with Gasteiger partial charge in [0.25, 0.3) is 11.5 Å². The minimum absolute atomic E-state index is 0.0185. The number of esters is 2. The molecular weight excluding hydrogens is 402 g/mol. The zero-order valence-corrected chi connectivity index (χ0v) is 17.0. The molecule has 0 saturated carbocycles. The molecule has 0 radical (unpaired) electrons. The van der Waals surface area contributed by atoms with Gasteiger partial charge in [-0.25, -0.2) is 9.59 Å². The molecule has 31 heavy (non-hydrogen) atoms. The average Bonchev–Trinajstić information content (AvgIpc) is 2.78. The number of rotatable bonds is 7. The van der Waals surface area contributed by atoms with Crippen LogP contribution >= 0.6 is 0 Å². The maximum absolute atomic E-state index is 13.1. The van der Waals surface area contributed by atoms with Crippen molar-refractivity contribution in [2.24, 2.45) is 0 Å². The molecule has 0 bridgehead atoms. The van der Waals surface area contributed by atoms with E-state index >= 15 is 0 Å². The Bertz CT molecular complexity index is 1150. The first-order valence-corrected chi connectivity index (χ1v) is 9.69. The Morgan fingerprint density at radius 2 is 1.45 bits per heavy atom. The maximum Gasteiger partial charge on any atom is 0.340 e. The van der Waals surface area contributed by atoms with Gasteiger partial charge in [0.15, 0.2) is 5.69 Å². The molecule has 1 amide bonds. The van der Waals surface area contributed by atoms with E-state index in [9.17, 15) is 19.2 Å². The van der Waals surface area contributed by atoms with Crippen molar-refractivity contribution in [3.63, 3.8) is 0 Å². The summed E-state index contributed by atoms with van der Waals surface area (Å²) in [6.45, 7) is 3.19. The van der Waals surface area contributed by atoms with Gasteiger partial charge in [0, 0.05) is 5.39 Å². The highest BCUT2D eigenvalue weighted by Gasteiger charge is 2.32. The smallest absolute Gasteiger partial charge is 0.340 e. The van der Waals surface area contributed by atoms with E-state index in [0.29, 0.717) is 5.69 Å². The lowest BCUT2D eigenvalue weighted by Crippen LogP contribution is -2.48. The number of hydrogen-bond donors (Lipinski definition) is 1. The van der Waals surface area contributed by atoms with Crippen LogP contribution in [0.15, 0.2) is 59.4 Å². The SMILES string of the molecule is CCOC(=O)C(NC(=O)c1nn(-c2ccccc2)c(=O)c2ccccc12)C(=O)OCC. The van der Waals surface area contributed by atoms with Crippen molar-refractivity contribution in [3.05, 3.63) is 70.6 Å². The highest BCUT2D eigenvalue weighted by molar-refractivity contribution is 6.09. The predicted octanol–water partition coefficient (Wildman–Crippen LogP) is 1.61. The summed E-state index contributed by atoms with van der Waals surface area (Å²) in [5, 5.41) is 7.09. The summed E-state index contributed by atoms with van der Waals surface area (Å²) >= 11 is 0. The third-order valence-electron chi connectivity index (χ3n) is 4.34. The molecule has 1 aromatic heterocycles. The van der Waals surface area contributed by atoms with E-state index in [4.69, 9.17) is 9.47 Å². The number of benzene rings is 2. The summed E-state index contributed by atoms with van der Waals surface area (Å²) in [5.41, 5.74) is -0.0806. The Labute approximate surface area is 177 Å². The Hall–Kier alpha value is -4.01. The number of nitrogens with one attached hydrogen (secondary N) is 1. The lowest BCUT2D eigenvalue weighted by Gasteiger charge is -2.17. The van der Waals surface area contributed by atoms with Gasteiger partial charge in [-0.1, -0.05) is 36.4 Å². The largest absolute Gasteiger partial charge is 0.464 e. The van der Waals surface area contributed by atoms with Gasteiger partial charge in [0.05, 0.1) is 24.3 Å². The van der Waals surface area contributed by atoms with Crippen molar-refractivity contribution in [3.8, 4) is 5.69 Å². The molecule has 2 aromatic carbocycles. The number of ether oxygens (including phenoxy) is 2. The highest BCUT2D eigenvalue weighted by atomic mass is 16.6. The number of carbonyl (C=O) groups excluding carboxylic acids is 3. The van der Waals surface area contributed by atoms with Gasteiger partial charge in [-0.15, -0.1) is 0 Å². The molecule has 0 spiro atoms. The van der Waals surface area contributed by atoms with Crippen LogP contribution in [0.4, 0.5) is 0 Å². The molecule has 0 fully saturated rings. The molecule has 1 heterocycles. The molecule has 0 saturated heterocycles. The zero-order chi connectivity index (χ0) is 22.4. The summed E-state index contributed by atoms with van der Waals surface area (Å²) < 4.78 is 10.9. The van der Waals surface area contributed by atoms with Crippen molar-refractivity contribution >= 4 is 28.6 Å². The molecular formula is C22H21N3O6. The predicted molar refractivity (Wildman–Crippen MR) is 112 cm³/mol. The van der Waals surface area contributed by atoms with Gasteiger partial charge >= 0.3 is 11.9 Å². The Balaban J connectivity index is 2.09. The van der Waals surface area contributed by atoms with E-state index in [2.05, 4.69) is 10.4 Å². The summed E-state index contributed by atoms with van der Waals surface area (Å²) in [6, 6.07) is 13.4. The maximum atomic E-state index is 13.1. The molecule has 0 aliphatic carbocycles. The normalized spacial score (nSPS) is 10.7. The monoisotopic (exact) mass is 423 g/mol. The number of aromatic nitrogens is 2. The number of carbonyl (C=O) groups is 3. The van der Waals surface area contributed by atoms with Crippen LogP contribution in [0.5, 0.6) is 0 Å². The molecule has 0 atom stereocenters. The van der Waals surface area contributed by atoms with Crippen molar-refractivity contribution in [2.45, 2.75) is 19.9 Å². The first-order chi connectivity index (χ1) is 15.0. The highest BCUT2D eigenvalue weighted by Crippen LogP contribution is 2.15. The molecule has 1 N–H and O–H groups in total.